The number of hydrogen-bond acceptors (Lipinski definition) is 6. The Morgan fingerprint density at radius 1 is 1.32 bits per heavy atom. The van der Waals surface area contributed by atoms with Gasteiger partial charge in [0.05, 0.1) is 28.7 Å². The summed E-state index contributed by atoms with van der Waals surface area (Å²) < 4.78 is 21.7. The number of rotatable bonds is 4. The molecule has 0 fully saturated rings. The van der Waals surface area contributed by atoms with Gasteiger partial charge in [0.1, 0.15) is 0 Å². The molecule has 0 bridgehead atoms. The lowest BCUT2D eigenvalue weighted by molar-refractivity contribution is 0.0946. The van der Waals surface area contributed by atoms with Crippen LogP contribution in [0.5, 0.6) is 0 Å². The molecule has 0 saturated carbocycles. The van der Waals surface area contributed by atoms with Gasteiger partial charge in [-0.05, 0) is 13.8 Å². The predicted octanol–water partition coefficient (Wildman–Crippen LogP) is 1.33. The van der Waals surface area contributed by atoms with Crippen LogP contribution in [0.4, 0.5) is 4.39 Å². The maximum Gasteiger partial charge on any atom is 0.293 e. The summed E-state index contributed by atoms with van der Waals surface area (Å²) in [6.45, 7) is 3.47. The molecule has 0 aliphatic heterocycles. The van der Waals surface area contributed by atoms with Crippen molar-refractivity contribution in [2.24, 2.45) is 19.2 Å². The van der Waals surface area contributed by atoms with E-state index < -0.39 is 11.9 Å². The summed E-state index contributed by atoms with van der Waals surface area (Å²) in [4.78, 5) is 12.1. The number of nitrogens with one attached hydrogen (secondary N) is 1. The van der Waals surface area contributed by atoms with E-state index in [2.05, 4.69) is 25.9 Å². The standard InChI is InChI=1S/C15H16FN7O2/c1-8-10(14(16)23(4)20-8)6-17-18-15(24)12-5-13(25-21-12)11-7-22(3)19-9(11)2/h5-7H,1-4H3,(H,18,24)/b17-6-. The normalized spacial score (nSPS) is 11.4. The molecular weight excluding hydrogens is 329 g/mol. The molecule has 0 spiro atoms. The van der Waals surface area contributed by atoms with Crippen LogP contribution in [0.3, 0.4) is 0 Å². The van der Waals surface area contributed by atoms with E-state index in [1.807, 2.05) is 6.92 Å². The number of amides is 1. The predicted molar refractivity (Wildman–Crippen MR) is 86.4 cm³/mol. The van der Waals surface area contributed by atoms with Crippen LogP contribution < -0.4 is 5.43 Å². The zero-order chi connectivity index (χ0) is 18.1. The molecule has 10 heteroatoms. The zero-order valence-electron chi connectivity index (χ0n) is 14.1. The maximum absolute atomic E-state index is 13.8. The van der Waals surface area contributed by atoms with Gasteiger partial charge < -0.3 is 4.52 Å². The van der Waals surface area contributed by atoms with Crippen molar-refractivity contribution in [1.29, 1.82) is 0 Å². The number of hydrogen-bond donors (Lipinski definition) is 1. The second-order valence-corrected chi connectivity index (χ2v) is 5.49. The summed E-state index contributed by atoms with van der Waals surface area (Å²) in [7, 11) is 3.27. The van der Waals surface area contributed by atoms with Gasteiger partial charge >= 0.3 is 0 Å². The summed E-state index contributed by atoms with van der Waals surface area (Å²) in [5.74, 6) is -0.685. The lowest BCUT2D eigenvalue weighted by Gasteiger charge is -1.94. The summed E-state index contributed by atoms with van der Waals surface area (Å²) in [5.41, 5.74) is 4.50. The quantitative estimate of drug-likeness (QED) is 0.567. The van der Waals surface area contributed by atoms with Crippen molar-refractivity contribution in [2.45, 2.75) is 13.8 Å². The van der Waals surface area contributed by atoms with Crippen LogP contribution in [-0.4, -0.2) is 36.8 Å². The number of nitrogens with zero attached hydrogens (tertiary/aromatic N) is 6. The molecule has 1 N–H and O–H groups in total. The van der Waals surface area contributed by atoms with Gasteiger partial charge in [0, 0.05) is 26.4 Å². The summed E-state index contributed by atoms with van der Waals surface area (Å²) in [6.07, 6.45) is 2.96. The topological polar surface area (TPSA) is 103 Å². The Hall–Kier alpha value is -3.30. The highest BCUT2D eigenvalue weighted by atomic mass is 19.1. The molecule has 0 atom stereocenters. The first-order valence-electron chi connectivity index (χ1n) is 7.36. The molecule has 1 amide bonds. The minimum atomic E-state index is -0.574. The van der Waals surface area contributed by atoms with E-state index in [9.17, 15) is 9.18 Å². The average Bonchev–Trinajstić information content (AvgIpc) is 3.21. The first kappa shape index (κ1) is 16.6. The lowest BCUT2D eigenvalue weighted by Crippen LogP contribution is -2.18. The van der Waals surface area contributed by atoms with Crippen LogP contribution in [-0.2, 0) is 14.1 Å². The van der Waals surface area contributed by atoms with Crippen molar-refractivity contribution in [1.82, 2.24) is 30.1 Å². The van der Waals surface area contributed by atoms with Gasteiger partial charge in [-0.3, -0.25) is 9.48 Å². The van der Waals surface area contributed by atoms with E-state index in [0.717, 1.165) is 15.9 Å². The van der Waals surface area contributed by atoms with Gasteiger partial charge in [-0.1, -0.05) is 5.16 Å². The lowest BCUT2D eigenvalue weighted by atomic mass is 10.2. The highest BCUT2D eigenvalue weighted by Crippen LogP contribution is 2.22. The molecule has 0 aliphatic rings. The fourth-order valence-corrected chi connectivity index (χ4v) is 2.36. The van der Waals surface area contributed by atoms with Crippen LogP contribution in [0.15, 0.2) is 21.9 Å². The van der Waals surface area contributed by atoms with Crippen LogP contribution in [0.2, 0.25) is 0 Å². The maximum atomic E-state index is 13.8. The third kappa shape index (κ3) is 3.18. The first-order chi connectivity index (χ1) is 11.9. The Labute approximate surface area is 142 Å². The molecule has 0 radical (unpaired) electrons. The third-order valence-corrected chi connectivity index (χ3v) is 3.58. The van der Waals surface area contributed by atoms with E-state index in [1.54, 1.807) is 24.9 Å². The minimum absolute atomic E-state index is 0.0544. The number of carbonyl (C=O) groups is 1. The van der Waals surface area contributed by atoms with E-state index >= 15 is 0 Å². The Morgan fingerprint density at radius 2 is 2.08 bits per heavy atom. The molecule has 0 aliphatic carbocycles. The molecule has 9 nitrogen and oxygen atoms in total. The largest absolute Gasteiger partial charge is 0.355 e. The van der Waals surface area contributed by atoms with E-state index in [-0.39, 0.29) is 11.3 Å². The number of aryl methyl sites for hydroxylation is 4. The van der Waals surface area contributed by atoms with Crippen LogP contribution in [0, 0.1) is 19.8 Å². The second-order valence-electron chi connectivity index (χ2n) is 5.49. The average molecular weight is 345 g/mol. The highest BCUT2D eigenvalue weighted by Gasteiger charge is 2.16. The van der Waals surface area contributed by atoms with Gasteiger partial charge in [-0.25, -0.2) is 10.1 Å². The summed E-state index contributed by atoms with van der Waals surface area (Å²) in [6, 6.07) is 1.49. The Balaban J connectivity index is 1.72. The SMILES string of the molecule is Cc1nn(C)cc1-c1cc(C(=O)N/N=C\c2c(C)nn(C)c2F)no1. The van der Waals surface area contributed by atoms with Crippen molar-refractivity contribution < 1.29 is 13.7 Å². The molecule has 3 rings (SSSR count). The molecule has 0 saturated heterocycles. The number of aromatic nitrogens is 5. The van der Waals surface area contributed by atoms with Gasteiger partial charge in [-0.2, -0.15) is 19.7 Å². The zero-order valence-corrected chi connectivity index (χ0v) is 14.1. The molecule has 3 heterocycles. The molecule has 0 aromatic carbocycles. The van der Waals surface area contributed by atoms with Crippen molar-refractivity contribution in [3.8, 4) is 11.3 Å². The van der Waals surface area contributed by atoms with Gasteiger partial charge in [0.2, 0.25) is 5.95 Å². The number of halogens is 1. The first-order valence-corrected chi connectivity index (χ1v) is 7.36. The van der Waals surface area contributed by atoms with Crippen molar-refractivity contribution >= 4 is 12.1 Å². The fourth-order valence-electron chi connectivity index (χ4n) is 2.36. The van der Waals surface area contributed by atoms with Gasteiger partial charge in [-0.15, -0.1) is 0 Å². The Morgan fingerprint density at radius 3 is 2.68 bits per heavy atom. The minimum Gasteiger partial charge on any atom is -0.355 e. The summed E-state index contributed by atoms with van der Waals surface area (Å²) in [5, 5.41) is 15.6. The highest BCUT2D eigenvalue weighted by molar-refractivity contribution is 5.94. The van der Waals surface area contributed by atoms with E-state index in [0.29, 0.717) is 11.5 Å². The van der Waals surface area contributed by atoms with Crippen molar-refractivity contribution in [3.05, 3.63) is 40.9 Å². The number of carbonyl (C=O) groups excluding carboxylic acids is 1. The monoisotopic (exact) mass is 345 g/mol. The van der Waals surface area contributed by atoms with E-state index in [4.69, 9.17) is 4.52 Å². The van der Waals surface area contributed by atoms with Gasteiger partial charge in [0.15, 0.2) is 11.5 Å². The van der Waals surface area contributed by atoms with Crippen molar-refractivity contribution in [2.75, 3.05) is 0 Å². The molecule has 25 heavy (non-hydrogen) atoms. The Kier molecular flexibility index (Phi) is 4.17. The smallest absolute Gasteiger partial charge is 0.293 e. The molecule has 0 unspecified atom stereocenters. The fraction of sp³-hybridized carbons (Fsp3) is 0.267. The summed E-state index contributed by atoms with van der Waals surface area (Å²) >= 11 is 0. The number of hydrazone groups is 1. The second kappa shape index (κ2) is 6.30. The molecule has 3 aromatic rings. The third-order valence-electron chi connectivity index (χ3n) is 3.58. The van der Waals surface area contributed by atoms with Gasteiger partial charge in [0.25, 0.3) is 5.91 Å². The Bertz CT molecular complexity index is 967. The van der Waals surface area contributed by atoms with Crippen LogP contribution in [0.25, 0.3) is 11.3 Å². The van der Waals surface area contributed by atoms with E-state index in [1.165, 1.54) is 19.3 Å². The molecule has 3 aromatic heterocycles. The van der Waals surface area contributed by atoms with Crippen LogP contribution in [0.1, 0.15) is 27.4 Å². The molecular formula is C15H16FN7O2. The van der Waals surface area contributed by atoms with Crippen LogP contribution >= 0.6 is 0 Å². The van der Waals surface area contributed by atoms with Crippen molar-refractivity contribution in [3.63, 3.8) is 0 Å². The molecule has 130 valence electrons.